The summed E-state index contributed by atoms with van der Waals surface area (Å²) in [4.78, 5) is 23.9. The number of hydrogen-bond acceptors (Lipinski definition) is 6. The number of para-hydroxylation sites is 1. The second kappa shape index (κ2) is 9.14. The molecule has 9 heteroatoms. The molecule has 1 aromatic heterocycles. The highest BCUT2D eigenvalue weighted by Gasteiger charge is 2.16. The number of nitrogens with one attached hydrogen (secondary N) is 1. The van der Waals surface area contributed by atoms with Crippen molar-refractivity contribution in [3.63, 3.8) is 0 Å². The number of carbonyl (C=O) groups excluding carboxylic acids is 2. The highest BCUT2D eigenvalue weighted by molar-refractivity contribution is 5.93. The summed E-state index contributed by atoms with van der Waals surface area (Å²) in [5, 5.41) is 15.8. The number of ether oxygens (including phenoxy) is 2. The van der Waals surface area contributed by atoms with Crippen molar-refractivity contribution in [2.75, 3.05) is 18.5 Å². The van der Waals surface area contributed by atoms with Crippen LogP contribution in [0.5, 0.6) is 5.75 Å². The molecule has 0 aliphatic heterocycles. The van der Waals surface area contributed by atoms with Crippen molar-refractivity contribution in [3.8, 4) is 17.5 Å². The van der Waals surface area contributed by atoms with Crippen molar-refractivity contribution < 1.29 is 23.5 Å². The second-order valence-electron chi connectivity index (χ2n) is 5.72. The van der Waals surface area contributed by atoms with E-state index in [1.54, 1.807) is 24.3 Å². The molecular formula is C20H15FN4O4. The van der Waals surface area contributed by atoms with E-state index in [0.717, 1.165) is 6.07 Å². The quantitative estimate of drug-likeness (QED) is 0.617. The number of nitriles is 1. The van der Waals surface area contributed by atoms with Crippen molar-refractivity contribution in [2.45, 2.75) is 0 Å². The van der Waals surface area contributed by atoms with Crippen LogP contribution in [0.25, 0.3) is 5.69 Å². The zero-order valence-corrected chi connectivity index (χ0v) is 15.0. The van der Waals surface area contributed by atoms with Gasteiger partial charge in [0.05, 0.1) is 11.9 Å². The zero-order chi connectivity index (χ0) is 20.6. The van der Waals surface area contributed by atoms with Crippen LogP contribution in [0.1, 0.15) is 5.56 Å². The van der Waals surface area contributed by atoms with Crippen LogP contribution < -0.4 is 10.1 Å². The molecule has 29 heavy (non-hydrogen) atoms. The van der Waals surface area contributed by atoms with Crippen molar-refractivity contribution >= 4 is 17.7 Å². The Hall–Kier alpha value is -4.19. The van der Waals surface area contributed by atoms with Crippen LogP contribution >= 0.6 is 0 Å². The van der Waals surface area contributed by atoms with Crippen LogP contribution in [-0.4, -0.2) is 34.9 Å². The number of amides is 1. The Labute approximate surface area is 165 Å². The lowest BCUT2D eigenvalue weighted by molar-refractivity contribution is -0.149. The Morgan fingerprint density at radius 3 is 2.66 bits per heavy atom. The van der Waals surface area contributed by atoms with Crippen LogP contribution in [0.2, 0.25) is 0 Å². The van der Waals surface area contributed by atoms with Crippen molar-refractivity contribution in [1.82, 2.24) is 9.78 Å². The van der Waals surface area contributed by atoms with E-state index in [0.29, 0.717) is 5.69 Å². The van der Waals surface area contributed by atoms with Gasteiger partial charge in [0.15, 0.2) is 19.0 Å². The summed E-state index contributed by atoms with van der Waals surface area (Å²) in [5.41, 5.74) is 0.799. The van der Waals surface area contributed by atoms with Crippen LogP contribution in [-0.2, 0) is 14.3 Å². The minimum absolute atomic E-state index is 0.156. The average molecular weight is 394 g/mol. The molecule has 2 aromatic carbocycles. The Kier molecular flexibility index (Phi) is 6.17. The Morgan fingerprint density at radius 2 is 1.93 bits per heavy atom. The molecule has 0 saturated carbocycles. The van der Waals surface area contributed by atoms with Gasteiger partial charge in [0.2, 0.25) is 0 Å². The molecule has 1 amide bonds. The summed E-state index contributed by atoms with van der Waals surface area (Å²) in [6, 6.07) is 16.1. The molecule has 0 atom stereocenters. The molecule has 1 heterocycles. The lowest BCUT2D eigenvalue weighted by Gasteiger charge is -2.10. The molecule has 0 saturated heterocycles. The molecule has 0 unspecified atom stereocenters. The number of nitrogens with zero attached hydrogens (tertiary/aromatic N) is 3. The maximum atomic E-state index is 13.1. The third-order valence-electron chi connectivity index (χ3n) is 3.67. The van der Waals surface area contributed by atoms with Gasteiger partial charge in [0.1, 0.15) is 23.2 Å². The number of benzene rings is 2. The van der Waals surface area contributed by atoms with Gasteiger partial charge >= 0.3 is 5.97 Å². The molecule has 0 spiro atoms. The summed E-state index contributed by atoms with van der Waals surface area (Å²) in [5.74, 6) is -1.63. The van der Waals surface area contributed by atoms with Crippen molar-refractivity contribution in [3.05, 3.63) is 72.2 Å². The highest BCUT2D eigenvalue weighted by atomic mass is 19.1. The molecule has 0 radical (unpaired) electrons. The van der Waals surface area contributed by atoms with Crippen LogP contribution in [0.3, 0.4) is 0 Å². The van der Waals surface area contributed by atoms with Gasteiger partial charge in [-0.25, -0.2) is 13.9 Å². The fourth-order valence-electron chi connectivity index (χ4n) is 2.37. The van der Waals surface area contributed by atoms with Gasteiger partial charge in [0.25, 0.3) is 5.91 Å². The van der Waals surface area contributed by atoms with E-state index in [2.05, 4.69) is 10.4 Å². The van der Waals surface area contributed by atoms with Gasteiger partial charge in [-0.15, -0.1) is 0 Å². The fraction of sp³-hybridized carbons (Fsp3) is 0.100. The standard InChI is InChI=1S/C20H15FN4O4/c21-15-5-4-8-17(9-15)28-13-19(27)29-12-18(26)24-20-14(10-22)11-23-25(20)16-6-2-1-3-7-16/h1-9,11H,12-13H2,(H,24,26). The van der Waals surface area contributed by atoms with Crippen LogP contribution in [0.15, 0.2) is 60.8 Å². The molecular weight excluding hydrogens is 379 g/mol. The van der Waals surface area contributed by atoms with Gasteiger partial charge in [-0.1, -0.05) is 24.3 Å². The number of anilines is 1. The number of aromatic nitrogens is 2. The number of rotatable bonds is 7. The number of esters is 1. The van der Waals surface area contributed by atoms with Gasteiger partial charge in [0, 0.05) is 6.07 Å². The van der Waals surface area contributed by atoms with E-state index in [9.17, 15) is 19.2 Å². The van der Waals surface area contributed by atoms with Crippen LogP contribution in [0, 0.1) is 17.1 Å². The second-order valence-corrected chi connectivity index (χ2v) is 5.72. The monoisotopic (exact) mass is 394 g/mol. The lowest BCUT2D eigenvalue weighted by Crippen LogP contribution is -2.25. The van der Waals surface area contributed by atoms with E-state index >= 15 is 0 Å². The smallest absolute Gasteiger partial charge is 0.344 e. The molecule has 8 nitrogen and oxygen atoms in total. The summed E-state index contributed by atoms with van der Waals surface area (Å²) in [6.45, 7) is -1.07. The SMILES string of the molecule is N#Cc1cnn(-c2ccccc2)c1NC(=O)COC(=O)COc1cccc(F)c1. The molecule has 146 valence electrons. The maximum Gasteiger partial charge on any atom is 0.344 e. The van der Waals surface area contributed by atoms with Crippen LogP contribution in [0.4, 0.5) is 10.2 Å². The topological polar surface area (TPSA) is 106 Å². The Morgan fingerprint density at radius 1 is 1.14 bits per heavy atom. The van der Waals surface area contributed by atoms with Crippen molar-refractivity contribution in [1.29, 1.82) is 5.26 Å². The van der Waals surface area contributed by atoms with E-state index in [1.807, 2.05) is 12.1 Å². The number of carbonyl (C=O) groups is 2. The lowest BCUT2D eigenvalue weighted by atomic mass is 10.3. The van der Waals surface area contributed by atoms with E-state index in [-0.39, 0.29) is 17.1 Å². The molecule has 1 N–H and O–H groups in total. The third kappa shape index (κ3) is 5.17. The predicted octanol–water partition coefficient (Wildman–Crippen LogP) is 2.44. The van der Waals surface area contributed by atoms with E-state index in [1.165, 1.54) is 29.1 Å². The Bertz CT molecular complexity index is 1060. The minimum Gasteiger partial charge on any atom is -0.482 e. The molecule has 3 aromatic rings. The summed E-state index contributed by atoms with van der Waals surface area (Å²) < 4.78 is 24.4. The van der Waals surface area contributed by atoms with Crippen molar-refractivity contribution in [2.24, 2.45) is 0 Å². The summed E-state index contributed by atoms with van der Waals surface area (Å²) in [7, 11) is 0. The predicted molar refractivity (Wildman–Crippen MR) is 99.8 cm³/mol. The molecule has 0 fully saturated rings. The average Bonchev–Trinajstić information content (AvgIpc) is 3.14. The summed E-state index contributed by atoms with van der Waals surface area (Å²) in [6.07, 6.45) is 1.32. The Balaban J connectivity index is 1.56. The minimum atomic E-state index is -0.804. The molecule has 3 rings (SSSR count). The van der Waals surface area contributed by atoms with E-state index in [4.69, 9.17) is 9.47 Å². The number of halogens is 1. The first-order valence-electron chi connectivity index (χ1n) is 8.44. The third-order valence-corrected chi connectivity index (χ3v) is 3.67. The first-order chi connectivity index (χ1) is 14.1. The highest BCUT2D eigenvalue weighted by Crippen LogP contribution is 2.19. The summed E-state index contributed by atoms with van der Waals surface area (Å²) >= 11 is 0. The van der Waals surface area contributed by atoms with Gasteiger partial charge < -0.3 is 14.8 Å². The number of hydrogen-bond donors (Lipinski definition) is 1. The first-order valence-corrected chi connectivity index (χ1v) is 8.44. The molecule has 0 bridgehead atoms. The van der Waals surface area contributed by atoms with Gasteiger partial charge in [-0.2, -0.15) is 10.4 Å². The van der Waals surface area contributed by atoms with Gasteiger partial charge in [-0.3, -0.25) is 4.79 Å². The zero-order valence-electron chi connectivity index (χ0n) is 15.0. The normalized spacial score (nSPS) is 10.1. The largest absolute Gasteiger partial charge is 0.482 e. The fourth-order valence-corrected chi connectivity index (χ4v) is 2.37. The van der Waals surface area contributed by atoms with E-state index < -0.39 is 30.9 Å². The molecule has 0 aliphatic carbocycles. The first kappa shape index (κ1) is 19.6. The van der Waals surface area contributed by atoms with Gasteiger partial charge in [-0.05, 0) is 24.3 Å². The molecule has 0 aliphatic rings. The maximum absolute atomic E-state index is 13.1.